The number of nitrogens with zero attached hydrogens (tertiary/aromatic N) is 2. The van der Waals surface area contributed by atoms with E-state index >= 15 is 0 Å². The highest BCUT2D eigenvalue weighted by Gasteiger charge is 2.42. The first kappa shape index (κ1) is 32.0. The molecule has 0 aliphatic carbocycles. The second kappa shape index (κ2) is 12.4. The molecule has 1 aromatic heterocycles. The predicted octanol–water partition coefficient (Wildman–Crippen LogP) is 11.1. The highest BCUT2D eigenvalue weighted by Crippen LogP contribution is 2.42. The molecule has 0 amide bonds. The van der Waals surface area contributed by atoms with Crippen LogP contribution in [0.4, 0.5) is 0 Å². The Balaban J connectivity index is 2.08. The topological polar surface area (TPSA) is 25.8 Å². The molecule has 0 aliphatic rings. The summed E-state index contributed by atoms with van der Waals surface area (Å²) >= 11 is 0. The lowest BCUT2D eigenvalue weighted by Gasteiger charge is -2.38. The fraction of sp³-hybridized carbons (Fsp3) is 0.474. The van der Waals surface area contributed by atoms with Gasteiger partial charge < -0.3 is 0 Å². The molecule has 4 rings (SSSR count). The summed E-state index contributed by atoms with van der Waals surface area (Å²) in [4.78, 5) is 10.6. The quantitative estimate of drug-likeness (QED) is 0.0966. The summed E-state index contributed by atoms with van der Waals surface area (Å²) in [5.41, 5.74) is 16.8. The summed E-state index contributed by atoms with van der Waals surface area (Å²) in [5.74, 6) is 7.41. The standard InChI is InChI=1S/C38H50N2Si2/c1-25(2)41(26(3)4,27(5)6)23-21-32-17-18-33(22-24-42(28(7)8,29(9)10)30(11)12)37-36(32)39-35-20-19-31-15-13-14-16-34(31)38(35)40-37/h13-20,25-30H,1-12H3. The molecule has 3 aromatic carbocycles. The third kappa shape index (κ3) is 5.45. The fourth-order valence-electron chi connectivity index (χ4n) is 7.91. The van der Waals surface area contributed by atoms with Gasteiger partial charge in [0.15, 0.2) is 0 Å². The van der Waals surface area contributed by atoms with Crippen molar-refractivity contribution >= 4 is 49.0 Å². The monoisotopic (exact) mass is 590 g/mol. The first-order valence-electron chi connectivity index (χ1n) is 16.0. The maximum absolute atomic E-state index is 5.35. The molecule has 4 aromatic rings. The molecule has 4 heteroatoms. The van der Waals surface area contributed by atoms with E-state index in [1.165, 1.54) is 5.39 Å². The van der Waals surface area contributed by atoms with Crippen molar-refractivity contribution in [3.8, 4) is 22.9 Å². The SMILES string of the molecule is CC(C)[Si](C#Cc1ccc(C#C[Si](C(C)C)(C(C)C)C(C)C)c2nc3c(ccc4ccccc43)nc12)(C(C)C)C(C)C. The number of hydrogen-bond acceptors (Lipinski definition) is 2. The highest BCUT2D eigenvalue weighted by atomic mass is 28.3. The van der Waals surface area contributed by atoms with E-state index in [0.29, 0.717) is 33.2 Å². The minimum absolute atomic E-state index is 0.568. The van der Waals surface area contributed by atoms with Crippen LogP contribution in [0.25, 0.3) is 32.8 Å². The molecule has 0 bridgehead atoms. The molecule has 0 fully saturated rings. The number of hydrogen-bond donors (Lipinski definition) is 0. The van der Waals surface area contributed by atoms with Crippen LogP contribution < -0.4 is 0 Å². The van der Waals surface area contributed by atoms with Gasteiger partial charge in [-0.05, 0) is 56.8 Å². The lowest BCUT2D eigenvalue weighted by atomic mass is 10.1. The van der Waals surface area contributed by atoms with E-state index in [0.717, 1.165) is 38.6 Å². The molecule has 0 saturated carbocycles. The van der Waals surface area contributed by atoms with Gasteiger partial charge in [-0.3, -0.25) is 0 Å². The van der Waals surface area contributed by atoms with Crippen LogP contribution in [0.2, 0.25) is 33.2 Å². The van der Waals surface area contributed by atoms with E-state index < -0.39 is 16.1 Å². The van der Waals surface area contributed by atoms with Crippen molar-refractivity contribution < 1.29 is 0 Å². The molecule has 0 spiro atoms. The Morgan fingerprint density at radius 3 is 1.36 bits per heavy atom. The summed E-state index contributed by atoms with van der Waals surface area (Å²) in [6.45, 7) is 28.4. The van der Waals surface area contributed by atoms with Crippen molar-refractivity contribution in [1.82, 2.24) is 9.97 Å². The zero-order valence-corrected chi connectivity index (χ0v) is 30.0. The molecule has 0 aliphatic heterocycles. The highest BCUT2D eigenvalue weighted by molar-refractivity contribution is 6.91. The van der Waals surface area contributed by atoms with Gasteiger partial charge in [0.25, 0.3) is 0 Å². The van der Waals surface area contributed by atoms with Crippen molar-refractivity contribution in [2.24, 2.45) is 0 Å². The van der Waals surface area contributed by atoms with E-state index in [2.05, 4.69) is 155 Å². The molecular weight excluding hydrogens is 541 g/mol. The van der Waals surface area contributed by atoms with Crippen LogP contribution in [0.15, 0.2) is 48.5 Å². The van der Waals surface area contributed by atoms with Crippen LogP contribution in [0.1, 0.15) is 94.2 Å². The first-order chi connectivity index (χ1) is 19.8. The molecule has 0 unspecified atom stereocenters. The average molecular weight is 591 g/mol. The van der Waals surface area contributed by atoms with Crippen molar-refractivity contribution in [2.45, 2.75) is 116 Å². The Labute approximate surface area is 257 Å². The number of rotatable bonds is 6. The summed E-state index contributed by atoms with van der Waals surface area (Å²) in [6, 6.07) is 17.0. The normalized spacial score (nSPS) is 12.7. The van der Waals surface area contributed by atoms with Crippen LogP contribution in [0.5, 0.6) is 0 Å². The number of benzene rings is 3. The fourth-order valence-corrected chi connectivity index (χ4v) is 18.3. The van der Waals surface area contributed by atoms with E-state index in [-0.39, 0.29) is 0 Å². The first-order valence-corrected chi connectivity index (χ1v) is 20.4. The maximum Gasteiger partial charge on any atom is 0.146 e. The van der Waals surface area contributed by atoms with Crippen LogP contribution in [-0.4, -0.2) is 26.1 Å². The molecule has 0 radical (unpaired) electrons. The lowest BCUT2D eigenvalue weighted by molar-refractivity contribution is 0.838. The average Bonchev–Trinajstić information content (AvgIpc) is 2.92. The summed E-state index contributed by atoms with van der Waals surface area (Å²) in [6.07, 6.45) is 0. The van der Waals surface area contributed by atoms with Crippen LogP contribution >= 0.6 is 0 Å². The second-order valence-corrected chi connectivity index (χ2v) is 25.2. The summed E-state index contributed by atoms with van der Waals surface area (Å²) in [5, 5.41) is 2.30. The molecule has 1 heterocycles. The van der Waals surface area contributed by atoms with Crippen LogP contribution in [0, 0.1) is 22.9 Å². The Morgan fingerprint density at radius 2 is 0.905 bits per heavy atom. The van der Waals surface area contributed by atoms with E-state index in [4.69, 9.17) is 9.97 Å². The third-order valence-electron chi connectivity index (χ3n) is 10.0. The smallest absolute Gasteiger partial charge is 0.146 e. The minimum Gasteiger partial charge on any atom is -0.243 e. The van der Waals surface area contributed by atoms with Gasteiger partial charge in [-0.25, -0.2) is 9.97 Å². The zero-order valence-electron chi connectivity index (χ0n) is 28.0. The summed E-state index contributed by atoms with van der Waals surface area (Å²) in [7, 11) is -3.83. The molecule has 2 nitrogen and oxygen atoms in total. The Kier molecular flexibility index (Phi) is 9.41. The van der Waals surface area contributed by atoms with Gasteiger partial charge >= 0.3 is 0 Å². The minimum atomic E-state index is -1.92. The van der Waals surface area contributed by atoms with E-state index in [9.17, 15) is 0 Å². The predicted molar refractivity (Wildman–Crippen MR) is 190 cm³/mol. The van der Waals surface area contributed by atoms with Gasteiger partial charge in [-0.1, -0.05) is 125 Å². The zero-order chi connectivity index (χ0) is 31.0. The van der Waals surface area contributed by atoms with E-state index in [1.807, 2.05) is 0 Å². The van der Waals surface area contributed by atoms with Gasteiger partial charge in [0.1, 0.15) is 27.2 Å². The van der Waals surface area contributed by atoms with Crippen LogP contribution in [-0.2, 0) is 0 Å². The van der Waals surface area contributed by atoms with Gasteiger partial charge in [0.05, 0.1) is 22.2 Å². The molecule has 220 valence electrons. The molecule has 0 N–H and O–H groups in total. The van der Waals surface area contributed by atoms with Crippen molar-refractivity contribution in [3.63, 3.8) is 0 Å². The maximum atomic E-state index is 5.35. The molecule has 0 saturated heterocycles. The Morgan fingerprint density at radius 1 is 0.476 bits per heavy atom. The second-order valence-electron chi connectivity index (χ2n) is 14.0. The van der Waals surface area contributed by atoms with Crippen molar-refractivity contribution in [3.05, 3.63) is 59.7 Å². The van der Waals surface area contributed by atoms with E-state index in [1.54, 1.807) is 0 Å². The van der Waals surface area contributed by atoms with Crippen molar-refractivity contribution in [2.75, 3.05) is 0 Å². The number of aromatic nitrogens is 2. The largest absolute Gasteiger partial charge is 0.243 e. The Hall–Kier alpha value is -2.93. The van der Waals surface area contributed by atoms with Gasteiger partial charge in [-0.15, -0.1) is 11.1 Å². The molecular formula is C38H50N2Si2. The molecule has 42 heavy (non-hydrogen) atoms. The molecule has 0 atom stereocenters. The summed E-state index contributed by atoms with van der Waals surface area (Å²) < 4.78 is 0. The van der Waals surface area contributed by atoms with Crippen LogP contribution in [0.3, 0.4) is 0 Å². The van der Waals surface area contributed by atoms with Crippen molar-refractivity contribution in [1.29, 1.82) is 0 Å². The third-order valence-corrected chi connectivity index (χ3v) is 22.6. The lowest BCUT2D eigenvalue weighted by Crippen LogP contribution is -2.43. The number of fused-ring (bicyclic) bond motifs is 4. The Bertz CT molecular complexity index is 1680. The van der Waals surface area contributed by atoms with Gasteiger partial charge in [0.2, 0.25) is 0 Å². The van der Waals surface area contributed by atoms with Gasteiger partial charge in [-0.2, -0.15) is 0 Å². The van der Waals surface area contributed by atoms with Gasteiger partial charge in [0, 0.05) is 5.39 Å².